The number of anilines is 1. The van der Waals surface area contributed by atoms with Crippen molar-refractivity contribution in [2.45, 2.75) is 30.3 Å². The third-order valence-corrected chi connectivity index (χ3v) is 8.18. The van der Waals surface area contributed by atoms with E-state index in [1.807, 2.05) is 66.3 Å². The number of ketones is 1. The molecular formula is C26H23Cl2N3O2. The average molecular weight is 480 g/mol. The van der Waals surface area contributed by atoms with E-state index < -0.39 is 11.5 Å². The first-order valence-electron chi connectivity index (χ1n) is 11.2. The molecule has 7 heteroatoms. The Kier molecular flexibility index (Phi) is 4.74. The SMILES string of the molecule is Cn1cccc1C(=O)C1C(c2ccc(Cl)cc2)C2CCCN2C12C(=O)Nc1ccc(Cl)cc12. The maximum Gasteiger partial charge on any atom is 0.250 e. The Morgan fingerprint density at radius 3 is 2.58 bits per heavy atom. The molecule has 0 saturated carbocycles. The zero-order valence-corrected chi connectivity index (χ0v) is 19.6. The lowest BCUT2D eigenvalue weighted by atomic mass is 9.69. The summed E-state index contributed by atoms with van der Waals surface area (Å²) in [4.78, 5) is 30.5. The molecular weight excluding hydrogens is 457 g/mol. The van der Waals surface area contributed by atoms with Crippen LogP contribution in [-0.2, 0) is 17.4 Å². The van der Waals surface area contributed by atoms with Crippen LogP contribution in [0.4, 0.5) is 5.69 Å². The van der Waals surface area contributed by atoms with Gasteiger partial charge in [0.05, 0.1) is 11.6 Å². The maximum absolute atomic E-state index is 14.3. The summed E-state index contributed by atoms with van der Waals surface area (Å²) in [7, 11) is 1.87. The zero-order chi connectivity index (χ0) is 22.9. The molecule has 2 saturated heterocycles. The molecule has 0 bridgehead atoms. The van der Waals surface area contributed by atoms with Crippen molar-refractivity contribution in [1.82, 2.24) is 9.47 Å². The number of nitrogens with one attached hydrogen (secondary N) is 1. The Balaban J connectivity index is 1.63. The predicted octanol–water partition coefficient (Wildman–Crippen LogP) is 5.24. The van der Waals surface area contributed by atoms with Gasteiger partial charge in [-0.05, 0) is 67.4 Å². The molecule has 4 heterocycles. The van der Waals surface area contributed by atoms with Crippen molar-refractivity contribution in [2.75, 3.05) is 11.9 Å². The lowest BCUT2D eigenvalue weighted by molar-refractivity contribution is -0.127. The number of aromatic nitrogens is 1. The van der Waals surface area contributed by atoms with E-state index in [-0.39, 0.29) is 23.7 Å². The first kappa shape index (κ1) is 21.0. The number of benzene rings is 2. The van der Waals surface area contributed by atoms with Crippen molar-refractivity contribution in [2.24, 2.45) is 13.0 Å². The van der Waals surface area contributed by atoms with Crippen molar-refractivity contribution >= 4 is 40.6 Å². The molecule has 6 rings (SSSR count). The Hall–Kier alpha value is -2.60. The van der Waals surface area contributed by atoms with Crippen molar-refractivity contribution in [3.63, 3.8) is 0 Å². The van der Waals surface area contributed by atoms with Crippen LogP contribution < -0.4 is 5.32 Å². The summed E-state index contributed by atoms with van der Waals surface area (Å²) in [6.45, 7) is 0.755. The van der Waals surface area contributed by atoms with Gasteiger partial charge in [-0.1, -0.05) is 35.3 Å². The number of Topliss-reactive ketones (excluding diaryl/α,β-unsaturated/α-hetero) is 1. The fourth-order valence-corrected chi connectivity index (χ4v) is 6.77. The molecule has 2 fully saturated rings. The molecule has 1 aromatic heterocycles. The van der Waals surface area contributed by atoms with Crippen LogP contribution in [0.1, 0.15) is 40.4 Å². The number of aryl methyl sites for hydroxylation is 1. The second kappa shape index (κ2) is 7.45. The van der Waals surface area contributed by atoms with Crippen molar-refractivity contribution in [1.29, 1.82) is 0 Å². The smallest absolute Gasteiger partial charge is 0.250 e. The molecule has 1 N–H and O–H groups in total. The van der Waals surface area contributed by atoms with E-state index in [1.165, 1.54) is 0 Å². The molecule has 5 nitrogen and oxygen atoms in total. The lowest BCUT2D eigenvalue weighted by Crippen LogP contribution is -2.53. The van der Waals surface area contributed by atoms with Gasteiger partial charge in [0, 0.05) is 46.5 Å². The number of rotatable bonds is 3. The zero-order valence-electron chi connectivity index (χ0n) is 18.1. The number of amides is 1. The Morgan fingerprint density at radius 1 is 1.09 bits per heavy atom. The van der Waals surface area contributed by atoms with E-state index in [9.17, 15) is 9.59 Å². The fraction of sp³-hybridized carbons (Fsp3) is 0.308. The molecule has 3 aliphatic rings. The van der Waals surface area contributed by atoms with Gasteiger partial charge in [0.1, 0.15) is 5.54 Å². The molecule has 1 amide bonds. The summed E-state index contributed by atoms with van der Waals surface area (Å²) in [5.74, 6) is -0.921. The van der Waals surface area contributed by atoms with Crippen LogP contribution in [0.3, 0.4) is 0 Å². The van der Waals surface area contributed by atoms with E-state index in [0.717, 1.165) is 36.2 Å². The Bertz CT molecular complexity index is 1280. The van der Waals surface area contributed by atoms with Gasteiger partial charge in [-0.15, -0.1) is 0 Å². The Morgan fingerprint density at radius 2 is 1.85 bits per heavy atom. The fourth-order valence-electron chi connectivity index (χ4n) is 6.47. The average Bonchev–Trinajstić information content (AvgIpc) is 3.54. The largest absolute Gasteiger partial charge is 0.348 e. The van der Waals surface area contributed by atoms with Gasteiger partial charge in [-0.2, -0.15) is 0 Å². The van der Waals surface area contributed by atoms with E-state index in [2.05, 4.69) is 10.2 Å². The van der Waals surface area contributed by atoms with E-state index in [4.69, 9.17) is 23.2 Å². The summed E-state index contributed by atoms with van der Waals surface area (Å²) in [5.41, 5.74) is 2.06. The standard InChI is InChI=1S/C26H23Cl2N3O2/c1-30-12-2-5-21(30)24(32)23-22(15-6-8-16(27)9-7-15)20-4-3-13-31(20)26(23)18-14-17(28)10-11-19(18)29-25(26)33/h2,5-12,14,20,22-23H,3-4,13H2,1H3,(H,29,33). The minimum Gasteiger partial charge on any atom is -0.348 e. The Labute approximate surface area is 202 Å². The topological polar surface area (TPSA) is 54.3 Å². The van der Waals surface area contributed by atoms with E-state index >= 15 is 0 Å². The number of halogens is 2. The summed E-state index contributed by atoms with van der Waals surface area (Å²) in [6.07, 6.45) is 3.77. The van der Waals surface area contributed by atoms with Gasteiger partial charge in [0.15, 0.2) is 5.78 Å². The summed E-state index contributed by atoms with van der Waals surface area (Å²) >= 11 is 12.6. The normalized spacial score (nSPS) is 28.2. The highest BCUT2D eigenvalue weighted by Gasteiger charge is 2.69. The van der Waals surface area contributed by atoms with Crippen LogP contribution in [0.15, 0.2) is 60.8 Å². The molecule has 2 aromatic carbocycles. The number of carbonyl (C=O) groups is 2. The van der Waals surface area contributed by atoms with Gasteiger partial charge < -0.3 is 9.88 Å². The van der Waals surface area contributed by atoms with Gasteiger partial charge in [0.25, 0.3) is 0 Å². The third kappa shape index (κ3) is 2.82. The first-order valence-corrected chi connectivity index (χ1v) is 12.0. The van der Waals surface area contributed by atoms with E-state index in [1.54, 1.807) is 6.07 Å². The lowest BCUT2D eigenvalue weighted by Gasteiger charge is -2.37. The van der Waals surface area contributed by atoms with Gasteiger partial charge in [-0.25, -0.2) is 0 Å². The molecule has 33 heavy (non-hydrogen) atoms. The van der Waals surface area contributed by atoms with Crippen molar-refractivity contribution in [3.8, 4) is 0 Å². The number of fused-ring (bicyclic) bond motifs is 4. The second-order valence-electron chi connectivity index (χ2n) is 9.24. The summed E-state index contributed by atoms with van der Waals surface area (Å²) < 4.78 is 1.84. The minimum atomic E-state index is -1.10. The number of hydrogen-bond donors (Lipinski definition) is 1. The monoisotopic (exact) mass is 479 g/mol. The van der Waals surface area contributed by atoms with Crippen LogP contribution in [-0.4, -0.2) is 33.7 Å². The third-order valence-electron chi connectivity index (χ3n) is 7.70. The molecule has 1 spiro atoms. The van der Waals surface area contributed by atoms with Gasteiger partial charge in [-0.3, -0.25) is 14.5 Å². The van der Waals surface area contributed by atoms with E-state index in [0.29, 0.717) is 15.7 Å². The van der Waals surface area contributed by atoms with Crippen LogP contribution in [0.25, 0.3) is 0 Å². The molecule has 4 unspecified atom stereocenters. The van der Waals surface area contributed by atoms with Crippen molar-refractivity contribution in [3.05, 3.63) is 87.7 Å². The summed E-state index contributed by atoms with van der Waals surface area (Å²) in [5, 5.41) is 4.28. The quantitative estimate of drug-likeness (QED) is 0.522. The van der Waals surface area contributed by atoms with Crippen LogP contribution in [0, 0.1) is 5.92 Å². The predicted molar refractivity (Wildman–Crippen MR) is 129 cm³/mol. The minimum absolute atomic E-state index is 0.0279. The maximum atomic E-state index is 14.3. The van der Waals surface area contributed by atoms with Crippen LogP contribution in [0.5, 0.6) is 0 Å². The highest BCUT2D eigenvalue weighted by molar-refractivity contribution is 6.31. The highest BCUT2D eigenvalue weighted by Crippen LogP contribution is 2.61. The molecule has 4 atom stereocenters. The van der Waals surface area contributed by atoms with Crippen molar-refractivity contribution < 1.29 is 9.59 Å². The highest BCUT2D eigenvalue weighted by atomic mass is 35.5. The number of nitrogens with zero attached hydrogens (tertiary/aromatic N) is 2. The summed E-state index contributed by atoms with van der Waals surface area (Å²) in [6, 6.07) is 17.0. The molecule has 3 aliphatic heterocycles. The van der Waals surface area contributed by atoms with Crippen LogP contribution >= 0.6 is 23.2 Å². The van der Waals surface area contributed by atoms with Crippen LogP contribution in [0.2, 0.25) is 10.0 Å². The molecule has 0 radical (unpaired) electrons. The van der Waals surface area contributed by atoms with Gasteiger partial charge >= 0.3 is 0 Å². The molecule has 0 aliphatic carbocycles. The molecule has 3 aromatic rings. The van der Waals surface area contributed by atoms with Gasteiger partial charge in [0.2, 0.25) is 5.91 Å². The second-order valence-corrected chi connectivity index (χ2v) is 10.1. The number of hydrogen-bond acceptors (Lipinski definition) is 3. The number of carbonyl (C=O) groups excluding carboxylic acids is 2. The first-order chi connectivity index (χ1) is 15.9. The molecule has 168 valence electrons.